The van der Waals surface area contributed by atoms with E-state index in [1.807, 2.05) is 24.3 Å². The van der Waals surface area contributed by atoms with Crippen molar-refractivity contribution in [2.75, 3.05) is 7.11 Å². The lowest BCUT2D eigenvalue weighted by Crippen LogP contribution is -2.51. The number of ether oxygens (including phenoxy) is 2. The van der Waals surface area contributed by atoms with Crippen molar-refractivity contribution in [1.82, 2.24) is 0 Å². The zero-order valence-electron chi connectivity index (χ0n) is 18.4. The van der Waals surface area contributed by atoms with Crippen LogP contribution in [0.5, 0.6) is 11.5 Å². The van der Waals surface area contributed by atoms with Crippen molar-refractivity contribution in [3.8, 4) is 22.6 Å². The molecule has 170 valence electrons. The SMILES string of the molecule is COc1ccccc1C1(C(=O)O)CC(C(=O)Oc2cccc(-c3ccc4c(c3)=NC(=O)C=4)c2)C1. The Kier molecular flexibility index (Phi) is 5.24. The van der Waals surface area contributed by atoms with Crippen LogP contribution in [0.2, 0.25) is 0 Å². The zero-order chi connectivity index (χ0) is 23.9. The van der Waals surface area contributed by atoms with E-state index in [-0.39, 0.29) is 18.7 Å². The second-order valence-electron chi connectivity index (χ2n) is 8.51. The Morgan fingerprint density at radius 1 is 1.00 bits per heavy atom. The fourth-order valence-electron chi connectivity index (χ4n) is 4.66. The van der Waals surface area contributed by atoms with E-state index in [2.05, 4.69) is 4.99 Å². The molecule has 1 aliphatic carbocycles. The quantitative estimate of drug-likeness (QED) is 0.453. The molecule has 7 heteroatoms. The highest BCUT2D eigenvalue weighted by atomic mass is 16.5. The Morgan fingerprint density at radius 3 is 2.53 bits per heavy atom. The number of carboxylic acids is 1. The molecule has 2 aliphatic rings. The fraction of sp³-hybridized carbons (Fsp3) is 0.185. The first-order chi connectivity index (χ1) is 16.4. The highest BCUT2D eigenvalue weighted by molar-refractivity contribution is 6.06. The van der Waals surface area contributed by atoms with Crippen LogP contribution in [-0.4, -0.2) is 30.1 Å². The van der Waals surface area contributed by atoms with Gasteiger partial charge in [-0.15, -0.1) is 0 Å². The summed E-state index contributed by atoms with van der Waals surface area (Å²) in [6, 6.07) is 19.6. The Labute approximate surface area is 195 Å². The Balaban J connectivity index is 1.33. The van der Waals surface area contributed by atoms with E-state index in [0.29, 0.717) is 22.4 Å². The maximum Gasteiger partial charge on any atom is 0.314 e. The molecule has 1 aliphatic heterocycles. The van der Waals surface area contributed by atoms with Crippen molar-refractivity contribution in [1.29, 1.82) is 0 Å². The van der Waals surface area contributed by atoms with Gasteiger partial charge in [-0.3, -0.25) is 14.4 Å². The molecular weight excluding hydrogens is 434 g/mol. The van der Waals surface area contributed by atoms with E-state index in [0.717, 1.165) is 16.3 Å². The molecule has 1 heterocycles. The van der Waals surface area contributed by atoms with E-state index in [1.54, 1.807) is 42.5 Å². The predicted octanol–water partition coefficient (Wildman–Crippen LogP) is 2.64. The third kappa shape index (κ3) is 3.65. The number of hydrogen-bond acceptors (Lipinski definition) is 5. The third-order valence-electron chi connectivity index (χ3n) is 6.48. The summed E-state index contributed by atoms with van der Waals surface area (Å²) >= 11 is 0. The van der Waals surface area contributed by atoms with Gasteiger partial charge < -0.3 is 14.6 Å². The molecule has 0 saturated heterocycles. The number of fused-ring (bicyclic) bond motifs is 1. The van der Waals surface area contributed by atoms with Crippen molar-refractivity contribution in [2.24, 2.45) is 10.9 Å². The number of amides is 1. The summed E-state index contributed by atoms with van der Waals surface area (Å²) in [6.07, 6.45) is 1.76. The van der Waals surface area contributed by atoms with Crippen LogP contribution in [0.3, 0.4) is 0 Å². The molecule has 7 nitrogen and oxygen atoms in total. The molecule has 1 N–H and O–H groups in total. The molecule has 0 unspecified atom stereocenters. The predicted molar refractivity (Wildman–Crippen MR) is 123 cm³/mol. The second-order valence-corrected chi connectivity index (χ2v) is 8.51. The maximum atomic E-state index is 12.8. The number of rotatable bonds is 6. The highest BCUT2D eigenvalue weighted by Gasteiger charge is 2.56. The number of para-hydroxylation sites is 1. The molecule has 0 aromatic heterocycles. The normalized spacial score (nSPS) is 20.4. The number of methoxy groups -OCH3 is 1. The lowest BCUT2D eigenvalue weighted by Gasteiger charge is -2.43. The summed E-state index contributed by atoms with van der Waals surface area (Å²) in [5, 5.41) is 11.3. The number of benzene rings is 3. The van der Waals surface area contributed by atoms with E-state index < -0.39 is 23.3 Å². The standard InChI is InChI=1S/C27H21NO6/c1-33-23-8-3-2-7-21(23)27(26(31)32)14-19(15-27)25(30)34-20-6-4-5-16(11-20)17-9-10-18-13-24(29)28-22(18)12-17/h2-13,19H,14-15H2,1H3,(H,31,32). The Morgan fingerprint density at radius 2 is 1.76 bits per heavy atom. The molecule has 0 bridgehead atoms. The first-order valence-corrected chi connectivity index (χ1v) is 10.8. The lowest BCUT2D eigenvalue weighted by atomic mass is 9.58. The van der Waals surface area contributed by atoms with E-state index in [4.69, 9.17) is 9.47 Å². The minimum Gasteiger partial charge on any atom is -0.496 e. The molecule has 3 aromatic rings. The number of aliphatic carboxylic acids is 1. The minimum absolute atomic E-state index is 0.137. The minimum atomic E-state index is -1.18. The number of hydrogen-bond donors (Lipinski definition) is 1. The van der Waals surface area contributed by atoms with Gasteiger partial charge in [0.05, 0.1) is 23.8 Å². The molecule has 1 saturated carbocycles. The zero-order valence-corrected chi connectivity index (χ0v) is 18.4. The maximum absolute atomic E-state index is 12.8. The van der Waals surface area contributed by atoms with Gasteiger partial charge in [-0.1, -0.05) is 42.5 Å². The van der Waals surface area contributed by atoms with Gasteiger partial charge in [-0.05, 0) is 48.2 Å². The Bertz CT molecular complexity index is 1450. The summed E-state index contributed by atoms with van der Waals surface area (Å²) in [5.74, 6) is -1.41. The molecule has 0 atom stereocenters. The highest BCUT2D eigenvalue weighted by Crippen LogP contribution is 2.51. The van der Waals surface area contributed by atoms with Gasteiger partial charge in [0.1, 0.15) is 11.5 Å². The van der Waals surface area contributed by atoms with Crippen molar-refractivity contribution >= 4 is 23.9 Å². The van der Waals surface area contributed by atoms with Crippen LogP contribution in [0.4, 0.5) is 0 Å². The van der Waals surface area contributed by atoms with E-state index in [9.17, 15) is 19.5 Å². The van der Waals surface area contributed by atoms with E-state index >= 15 is 0 Å². The van der Waals surface area contributed by atoms with Gasteiger partial charge in [0, 0.05) is 16.9 Å². The lowest BCUT2D eigenvalue weighted by molar-refractivity contribution is -0.156. The van der Waals surface area contributed by atoms with Gasteiger partial charge >= 0.3 is 11.9 Å². The number of carbonyl (C=O) groups excluding carboxylic acids is 2. The van der Waals surface area contributed by atoms with Crippen LogP contribution >= 0.6 is 0 Å². The van der Waals surface area contributed by atoms with Gasteiger partial charge in [0.25, 0.3) is 5.91 Å². The van der Waals surface area contributed by atoms with E-state index in [1.165, 1.54) is 13.2 Å². The van der Waals surface area contributed by atoms with Crippen molar-refractivity contribution < 1.29 is 29.0 Å². The molecule has 3 aromatic carbocycles. The van der Waals surface area contributed by atoms with Crippen LogP contribution < -0.4 is 20.0 Å². The number of carboxylic acid groups (broad SMARTS) is 1. The monoisotopic (exact) mass is 455 g/mol. The molecule has 1 amide bonds. The summed E-state index contributed by atoms with van der Waals surface area (Å²) in [6.45, 7) is 0. The summed E-state index contributed by atoms with van der Waals surface area (Å²) in [7, 11) is 1.50. The largest absolute Gasteiger partial charge is 0.496 e. The molecule has 34 heavy (non-hydrogen) atoms. The number of carbonyl (C=O) groups is 3. The van der Waals surface area contributed by atoms with Gasteiger partial charge in [0.15, 0.2) is 0 Å². The number of nitrogens with zero attached hydrogens (tertiary/aromatic N) is 1. The molecule has 5 rings (SSSR count). The fourth-order valence-corrected chi connectivity index (χ4v) is 4.66. The molecule has 0 spiro atoms. The van der Waals surface area contributed by atoms with Gasteiger partial charge in [0.2, 0.25) is 0 Å². The average molecular weight is 455 g/mol. The summed E-state index contributed by atoms with van der Waals surface area (Å²) in [5.41, 5.74) is 1.03. The third-order valence-corrected chi connectivity index (χ3v) is 6.48. The Hall–Kier alpha value is -4.26. The van der Waals surface area contributed by atoms with Gasteiger partial charge in [-0.25, -0.2) is 4.99 Å². The van der Waals surface area contributed by atoms with Gasteiger partial charge in [-0.2, -0.15) is 0 Å². The first-order valence-electron chi connectivity index (χ1n) is 10.8. The topological polar surface area (TPSA) is 102 Å². The first kappa shape index (κ1) is 21.6. The van der Waals surface area contributed by atoms with Crippen LogP contribution in [0.15, 0.2) is 71.7 Å². The average Bonchev–Trinajstić information content (AvgIpc) is 3.18. The molecular formula is C27H21NO6. The van der Waals surface area contributed by atoms with Crippen LogP contribution in [0.1, 0.15) is 18.4 Å². The molecule has 0 radical (unpaired) electrons. The smallest absolute Gasteiger partial charge is 0.314 e. The van der Waals surface area contributed by atoms with Crippen molar-refractivity contribution in [3.05, 3.63) is 82.9 Å². The van der Waals surface area contributed by atoms with Crippen LogP contribution in [-0.2, 0) is 19.8 Å². The molecule has 1 fully saturated rings. The van der Waals surface area contributed by atoms with Crippen LogP contribution in [0, 0.1) is 5.92 Å². The van der Waals surface area contributed by atoms with Crippen molar-refractivity contribution in [3.63, 3.8) is 0 Å². The number of esters is 1. The van der Waals surface area contributed by atoms with Crippen LogP contribution in [0.25, 0.3) is 17.2 Å². The second kappa shape index (κ2) is 8.26. The summed E-state index contributed by atoms with van der Waals surface area (Å²) < 4.78 is 11.0. The van der Waals surface area contributed by atoms with Crippen molar-refractivity contribution in [2.45, 2.75) is 18.3 Å². The summed E-state index contributed by atoms with van der Waals surface area (Å²) in [4.78, 5) is 40.5.